The molecule has 2 N–H and O–H groups in total. The predicted molar refractivity (Wildman–Crippen MR) is 71.2 cm³/mol. The highest BCUT2D eigenvalue weighted by Gasteiger charge is 2.16. The molecule has 1 atom stereocenters. The number of para-hydroxylation sites is 1. The van der Waals surface area contributed by atoms with Crippen molar-refractivity contribution in [2.75, 3.05) is 5.32 Å². The van der Waals surface area contributed by atoms with Crippen LogP contribution in [0, 0.1) is 18.6 Å². The van der Waals surface area contributed by atoms with Crippen molar-refractivity contribution < 1.29 is 13.9 Å². The summed E-state index contributed by atoms with van der Waals surface area (Å²) < 4.78 is 27.5. The zero-order valence-corrected chi connectivity index (χ0v) is 10.7. The molecule has 0 heterocycles. The third-order valence-electron chi connectivity index (χ3n) is 3.05. The number of aryl methyl sites for hydroxylation is 1. The van der Waals surface area contributed by atoms with E-state index in [0.29, 0.717) is 11.1 Å². The average molecular weight is 263 g/mol. The molecule has 2 aromatic rings. The number of hydrogen-bond donors (Lipinski definition) is 2. The molecule has 0 spiro atoms. The molecular formula is C15H15F2NO. The van der Waals surface area contributed by atoms with Crippen LogP contribution in [0.2, 0.25) is 0 Å². The molecular weight excluding hydrogens is 248 g/mol. The second kappa shape index (κ2) is 5.26. The second-order valence-corrected chi connectivity index (χ2v) is 4.48. The summed E-state index contributed by atoms with van der Waals surface area (Å²) in [4.78, 5) is 0. The van der Waals surface area contributed by atoms with E-state index in [0.717, 1.165) is 0 Å². The monoisotopic (exact) mass is 263 g/mol. The van der Waals surface area contributed by atoms with Gasteiger partial charge in [0.1, 0.15) is 17.3 Å². The molecule has 2 nitrogen and oxygen atoms in total. The summed E-state index contributed by atoms with van der Waals surface area (Å²) in [5.74, 6) is -1.16. The Morgan fingerprint density at radius 2 is 1.79 bits per heavy atom. The molecule has 0 bridgehead atoms. The molecule has 4 heteroatoms. The summed E-state index contributed by atoms with van der Waals surface area (Å²) in [5.41, 5.74) is 0.784. The van der Waals surface area contributed by atoms with Crippen molar-refractivity contribution in [2.45, 2.75) is 19.9 Å². The van der Waals surface area contributed by atoms with Crippen molar-refractivity contribution in [3.8, 4) is 5.75 Å². The van der Waals surface area contributed by atoms with Gasteiger partial charge in [-0.25, -0.2) is 8.78 Å². The van der Waals surface area contributed by atoms with Crippen molar-refractivity contribution in [2.24, 2.45) is 0 Å². The minimum Gasteiger partial charge on any atom is -0.508 e. The Kier molecular flexibility index (Phi) is 3.69. The maximum absolute atomic E-state index is 13.9. The van der Waals surface area contributed by atoms with E-state index in [-0.39, 0.29) is 11.4 Å². The van der Waals surface area contributed by atoms with Gasteiger partial charge in [-0.2, -0.15) is 0 Å². The van der Waals surface area contributed by atoms with E-state index in [1.54, 1.807) is 32.0 Å². The van der Waals surface area contributed by atoms with Gasteiger partial charge in [0.25, 0.3) is 0 Å². The average Bonchev–Trinajstić information content (AvgIpc) is 2.39. The van der Waals surface area contributed by atoms with Crippen LogP contribution in [0.25, 0.3) is 0 Å². The fraction of sp³-hybridized carbons (Fsp3) is 0.200. The van der Waals surface area contributed by atoms with E-state index in [1.807, 2.05) is 0 Å². The highest BCUT2D eigenvalue weighted by Crippen LogP contribution is 2.29. The van der Waals surface area contributed by atoms with Gasteiger partial charge < -0.3 is 10.4 Å². The molecule has 2 aromatic carbocycles. The number of phenolic OH excluding ortho intramolecular Hbond substituents is 1. The lowest BCUT2D eigenvalue weighted by Crippen LogP contribution is -2.10. The van der Waals surface area contributed by atoms with Crippen molar-refractivity contribution in [3.05, 3.63) is 59.2 Å². The number of benzene rings is 2. The quantitative estimate of drug-likeness (QED) is 0.871. The van der Waals surface area contributed by atoms with E-state index >= 15 is 0 Å². The van der Waals surface area contributed by atoms with Crippen LogP contribution in [0.1, 0.15) is 24.1 Å². The minimum absolute atomic E-state index is 0.0935. The van der Waals surface area contributed by atoms with Gasteiger partial charge in [-0.05, 0) is 31.5 Å². The Morgan fingerprint density at radius 1 is 1.11 bits per heavy atom. The predicted octanol–water partition coefficient (Wildman–Crippen LogP) is 4.15. The Bertz CT molecular complexity index is 599. The molecule has 0 radical (unpaired) electrons. The molecule has 2 rings (SSSR count). The Labute approximate surface area is 110 Å². The first-order valence-corrected chi connectivity index (χ1v) is 5.99. The third-order valence-corrected chi connectivity index (χ3v) is 3.05. The number of nitrogens with one attached hydrogen (secondary N) is 1. The van der Waals surface area contributed by atoms with Crippen molar-refractivity contribution >= 4 is 5.69 Å². The highest BCUT2D eigenvalue weighted by molar-refractivity contribution is 5.51. The van der Waals surface area contributed by atoms with Gasteiger partial charge in [0.2, 0.25) is 0 Å². The van der Waals surface area contributed by atoms with Gasteiger partial charge in [0.05, 0.1) is 6.04 Å². The van der Waals surface area contributed by atoms with Crippen LogP contribution in [-0.4, -0.2) is 5.11 Å². The van der Waals surface area contributed by atoms with Crippen LogP contribution < -0.4 is 5.32 Å². The van der Waals surface area contributed by atoms with Crippen molar-refractivity contribution in [1.82, 2.24) is 0 Å². The third kappa shape index (κ3) is 2.67. The summed E-state index contributed by atoms with van der Waals surface area (Å²) in [5, 5.41) is 12.5. The van der Waals surface area contributed by atoms with E-state index in [2.05, 4.69) is 5.32 Å². The first-order chi connectivity index (χ1) is 9.00. The zero-order chi connectivity index (χ0) is 14.0. The molecule has 0 aromatic heterocycles. The molecule has 0 saturated carbocycles. The second-order valence-electron chi connectivity index (χ2n) is 4.48. The first kappa shape index (κ1) is 13.3. The van der Waals surface area contributed by atoms with Gasteiger partial charge in [0.15, 0.2) is 5.82 Å². The Balaban J connectivity index is 2.32. The molecule has 0 saturated heterocycles. The summed E-state index contributed by atoms with van der Waals surface area (Å²) in [6.45, 7) is 3.31. The summed E-state index contributed by atoms with van der Waals surface area (Å²) in [7, 11) is 0. The largest absolute Gasteiger partial charge is 0.508 e. The molecule has 0 aliphatic heterocycles. The van der Waals surface area contributed by atoms with Crippen molar-refractivity contribution in [1.29, 1.82) is 0 Å². The molecule has 1 unspecified atom stereocenters. The topological polar surface area (TPSA) is 32.3 Å². The van der Waals surface area contributed by atoms with Gasteiger partial charge >= 0.3 is 0 Å². The molecule has 0 aliphatic rings. The molecule has 19 heavy (non-hydrogen) atoms. The van der Waals surface area contributed by atoms with Gasteiger partial charge in [-0.1, -0.05) is 24.3 Å². The molecule has 0 fully saturated rings. The molecule has 0 amide bonds. The number of hydrogen-bond acceptors (Lipinski definition) is 2. The Morgan fingerprint density at radius 3 is 2.47 bits per heavy atom. The van der Waals surface area contributed by atoms with Crippen LogP contribution in [0.3, 0.4) is 0 Å². The lowest BCUT2D eigenvalue weighted by molar-refractivity contribution is 0.465. The van der Waals surface area contributed by atoms with Crippen LogP contribution in [0.4, 0.5) is 14.5 Å². The van der Waals surface area contributed by atoms with E-state index < -0.39 is 17.7 Å². The van der Waals surface area contributed by atoms with Gasteiger partial charge in [-0.3, -0.25) is 0 Å². The van der Waals surface area contributed by atoms with Crippen LogP contribution in [0.5, 0.6) is 5.75 Å². The van der Waals surface area contributed by atoms with E-state index in [4.69, 9.17) is 0 Å². The van der Waals surface area contributed by atoms with Gasteiger partial charge in [0, 0.05) is 5.56 Å². The zero-order valence-electron chi connectivity index (χ0n) is 10.7. The standard InChI is InChI=1S/C15H15F2NO/c1-9-7-8-12(16)15(14(9)17)18-10(2)11-5-3-4-6-13(11)19/h3-8,10,18-19H,1-2H3. The van der Waals surface area contributed by atoms with Crippen molar-refractivity contribution in [3.63, 3.8) is 0 Å². The molecule has 0 aliphatic carbocycles. The van der Waals surface area contributed by atoms with E-state index in [9.17, 15) is 13.9 Å². The Hall–Kier alpha value is -2.10. The summed E-state index contributed by atoms with van der Waals surface area (Å²) in [6.07, 6.45) is 0. The summed E-state index contributed by atoms with van der Waals surface area (Å²) >= 11 is 0. The maximum Gasteiger partial charge on any atom is 0.152 e. The summed E-state index contributed by atoms with van der Waals surface area (Å²) in [6, 6.07) is 8.90. The van der Waals surface area contributed by atoms with Gasteiger partial charge in [-0.15, -0.1) is 0 Å². The number of aromatic hydroxyl groups is 1. The van der Waals surface area contributed by atoms with Crippen LogP contribution in [-0.2, 0) is 0 Å². The number of rotatable bonds is 3. The van der Waals surface area contributed by atoms with E-state index in [1.165, 1.54) is 18.2 Å². The SMILES string of the molecule is Cc1ccc(F)c(NC(C)c2ccccc2O)c1F. The lowest BCUT2D eigenvalue weighted by Gasteiger charge is -2.18. The highest BCUT2D eigenvalue weighted by atomic mass is 19.1. The smallest absolute Gasteiger partial charge is 0.152 e. The fourth-order valence-corrected chi connectivity index (χ4v) is 1.94. The molecule has 100 valence electrons. The number of halogens is 2. The maximum atomic E-state index is 13.9. The number of phenols is 1. The first-order valence-electron chi connectivity index (χ1n) is 5.99. The fourth-order valence-electron chi connectivity index (χ4n) is 1.94. The number of anilines is 1. The minimum atomic E-state index is -0.648. The van der Waals surface area contributed by atoms with Crippen LogP contribution >= 0.6 is 0 Å². The van der Waals surface area contributed by atoms with Crippen LogP contribution in [0.15, 0.2) is 36.4 Å². The normalized spacial score (nSPS) is 12.2. The lowest BCUT2D eigenvalue weighted by atomic mass is 10.1.